The van der Waals surface area contributed by atoms with E-state index in [9.17, 15) is 9.59 Å². The molecule has 0 saturated carbocycles. The molecule has 5 nitrogen and oxygen atoms in total. The third-order valence-corrected chi connectivity index (χ3v) is 4.34. The van der Waals surface area contributed by atoms with E-state index >= 15 is 0 Å². The minimum atomic E-state index is -0.192. The van der Waals surface area contributed by atoms with Crippen LogP contribution in [0.3, 0.4) is 0 Å². The third kappa shape index (κ3) is 3.35. The van der Waals surface area contributed by atoms with Crippen LogP contribution in [0.1, 0.15) is 50.5 Å². The van der Waals surface area contributed by atoms with Gasteiger partial charge in [0.05, 0.1) is 6.54 Å². The van der Waals surface area contributed by atoms with Gasteiger partial charge in [-0.1, -0.05) is 17.7 Å². The number of hydrogen-bond donors (Lipinski definition) is 2. The van der Waals surface area contributed by atoms with E-state index < -0.39 is 0 Å². The normalized spacial score (nSPS) is 13.5. The molecule has 0 aliphatic heterocycles. The van der Waals surface area contributed by atoms with Gasteiger partial charge in [0.15, 0.2) is 5.78 Å². The fourth-order valence-electron chi connectivity index (χ4n) is 3.06. The molecule has 0 radical (unpaired) electrons. The van der Waals surface area contributed by atoms with Crippen molar-refractivity contribution in [1.29, 1.82) is 0 Å². The van der Waals surface area contributed by atoms with Crippen LogP contribution in [-0.2, 0) is 6.42 Å². The number of amides is 1. The Morgan fingerprint density at radius 3 is 2.67 bits per heavy atom. The Kier molecular flexibility index (Phi) is 4.69. The van der Waals surface area contributed by atoms with Crippen LogP contribution in [0, 0.1) is 13.8 Å². The highest BCUT2D eigenvalue weighted by molar-refractivity contribution is 6.04. The maximum atomic E-state index is 12.3. The summed E-state index contributed by atoms with van der Waals surface area (Å²) in [5, 5.41) is 2.84. The largest absolute Gasteiger partial charge is 0.492 e. The summed E-state index contributed by atoms with van der Waals surface area (Å²) >= 11 is 0. The molecule has 0 spiro atoms. The van der Waals surface area contributed by atoms with Crippen LogP contribution in [0.25, 0.3) is 0 Å². The Morgan fingerprint density at radius 1 is 1.21 bits per heavy atom. The van der Waals surface area contributed by atoms with Crippen LogP contribution in [-0.4, -0.2) is 29.8 Å². The summed E-state index contributed by atoms with van der Waals surface area (Å²) in [6.07, 6.45) is 2.24. The maximum Gasteiger partial charge on any atom is 0.268 e. The minimum Gasteiger partial charge on any atom is -0.492 e. The van der Waals surface area contributed by atoms with Crippen molar-refractivity contribution in [1.82, 2.24) is 10.3 Å². The zero-order chi connectivity index (χ0) is 17.1. The quantitative estimate of drug-likeness (QED) is 0.830. The summed E-state index contributed by atoms with van der Waals surface area (Å²) in [4.78, 5) is 27.5. The van der Waals surface area contributed by atoms with E-state index in [0.717, 1.165) is 29.8 Å². The number of benzene rings is 1. The Hall–Kier alpha value is -2.56. The molecule has 1 aliphatic carbocycles. The fraction of sp³-hybridized carbons (Fsp3) is 0.368. The number of rotatable bonds is 5. The molecule has 3 rings (SSSR count). The van der Waals surface area contributed by atoms with Crippen LogP contribution < -0.4 is 10.1 Å². The number of carbonyl (C=O) groups is 2. The molecule has 5 heteroatoms. The number of fused-ring (bicyclic) bond motifs is 1. The average Bonchev–Trinajstić information content (AvgIpc) is 2.91. The number of hydrogen-bond acceptors (Lipinski definition) is 3. The highest BCUT2D eigenvalue weighted by Crippen LogP contribution is 2.26. The van der Waals surface area contributed by atoms with Gasteiger partial charge in [-0.3, -0.25) is 9.59 Å². The fourth-order valence-corrected chi connectivity index (χ4v) is 3.06. The van der Waals surface area contributed by atoms with E-state index in [4.69, 9.17) is 4.74 Å². The number of aryl methyl sites for hydroxylation is 2. The van der Waals surface area contributed by atoms with Crippen LogP contribution >= 0.6 is 0 Å². The van der Waals surface area contributed by atoms with E-state index in [1.54, 1.807) is 0 Å². The Bertz CT molecular complexity index is 760. The molecule has 2 N–H and O–H groups in total. The van der Waals surface area contributed by atoms with Crippen molar-refractivity contribution in [2.75, 3.05) is 13.2 Å². The summed E-state index contributed by atoms with van der Waals surface area (Å²) in [5.74, 6) is 0.723. The topological polar surface area (TPSA) is 71.2 Å². The predicted molar refractivity (Wildman–Crippen MR) is 91.8 cm³/mol. The summed E-state index contributed by atoms with van der Waals surface area (Å²) < 4.78 is 5.60. The van der Waals surface area contributed by atoms with Gasteiger partial charge in [0.1, 0.15) is 18.1 Å². The van der Waals surface area contributed by atoms with Gasteiger partial charge >= 0.3 is 0 Å². The molecule has 0 unspecified atom stereocenters. The molecule has 1 aromatic carbocycles. The highest BCUT2D eigenvalue weighted by atomic mass is 16.5. The molecule has 2 aromatic rings. The summed E-state index contributed by atoms with van der Waals surface area (Å²) in [7, 11) is 0. The highest BCUT2D eigenvalue weighted by Gasteiger charge is 2.26. The van der Waals surface area contributed by atoms with Crippen molar-refractivity contribution in [3.63, 3.8) is 0 Å². The zero-order valence-corrected chi connectivity index (χ0v) is 14.1. The smallest absolute Gasteiger partial charge is 0.268 e. The zero-order valence-electron chi connectivity index (χ0n) is 14.1. The minimum absolute atomic E-state index is 0.131. The van der Waals surface area contributed by atoms with Gasteiger partial charge < -0.3 is 15.0 Å². The standard InChI is InChI=1S/C19H22N2O3/c1-12-6-8-14(9-7-12)24-11-10-20-19(23)18-13(2)17-15(21-18)4-3-5-16(17)22/h6-9,21H,3-5,10-11H2,1-2H3,(H,20,23). The molecule has 0 saturated heterocycles. The SMILES string of the molecule is Cc1ccc(OCCNC(=O)c2[nH]c3c(c2C)C(=O)CCC3)cc1. The lowest BCUT2D eigenvalue weighted by molar-refractivity contribution is 0.0941. The maximum absolute atomic E-state index is 12.3. The second kappa shape index (κ2) is 6.91. The number of ether oxygens (including phenoxy) is 1. The van der Waals surface area contributed by atoms with Gasteiger partial charge in [-0.05, 0) is 44.4 Å². The lowest BCUT2D eigenvalue weighted by atomic mass is 9.94. The summed E-state index contributed by atoms with van der Waals surface area (Å²) in [6, 6.07) is 7.79. The molecule has 1 heterocycles. The van der Waals surface area contributed by atoms with Gasteiger partial charge in [-0.25, -0.2) is 0 Å². The van der Waals surface area contributed by atoms with Crippen molar-refractivity contribution in [3.8, 4) is 5.75 Å². The monoisotopic (exact) mass is 326 g/mol. The van der Waals surface area contributed by atoms with Crippen LogP contribution in [0.5, 0.6) is 5.75 Å². The van der Waals surface area contributed by atoms with E-state index in [-0.39, 0.29) is 11.7 Å². The predicted octanol–water partition coefficient (Wildman–Crippen LogP) is 2.96. The molecule has 126 valence electrons. The van der Waals surface area contributed by atoms with E-state index in [1.807, 2.05) is 38.1 Å². The molecule has 1 amide bonds. The van der Waals surface area contributed by atoms with Gasteiger partial charge in [0.25, 0.3) is 5.91 Å². The number of nitrogens with one attached hydrogen (secondary N) is 2. The van der Waals surface area contributed by atoms with Gasteiger partial charge in [0.2, 0.25) is 0 Å². The Labute approximate surface area is 141 Å². The van der Waals surface area contributed by atoms with Gasteiger partial charge in [-0.15, -0.1) is 0 Å². The van der Waals surface area contributed by atoms with Crippen molar-refractivity contribution in [3.05, 3.63) is 52.3 Å². The molecule has 0 bridgehead atoms. The number of aromatic nitrogens is 1. The number of H-pyrrole nitrogens is 1. The van der Waals surface area contributed by atoms with Gasteiger partial charge in [0, 0.05) is 17.7 Å². The number of Topliss-reactive ketones (excluding diaryl/α,β-unsaturated/α-hetero) is 1. The number of aromatic amines is 1. The van der Waals surface area contributed by atoms with Crippen LogP contribution in [0.2, 0.25) is 0 Å². The molecule has 1 aliphatic rings. The molecular weight excluding hydrogens is 304 g/mol. The molecule has 0 atom stereocenters. The van der Waals surface area contributed by atoms with Crippen molar-refractivity contribution >= 4 is 11.7 Å². The number of ketones is 1. The Balaban J connectivity index is 1.56. The second-order valence-corrected chi connectivity index (χ2v) is 6.17. The Morgan fingerprint density at radius 2 is 1.96 bits per heavy atom. The lowest BCUT2D eigenvalue weighted by Gasteiger charge is -2.09. The van der Waals surface area contributed by atoms with Crippen molar-refractivity contribution in [2.45, 2.75) is 33.1 Å². The summed E-state index contributed by atoms with van der Waals surface area (Å²) in [6.45, 7) is 4.65. The summed E-state index contributed by atoms with van der Waals surface area (Å²) in [5.41, 5.74) is 4.03. The number of carbonyl (C=O) groups excluding carboxylic acids is 2. The first-order valence-corrected chi connectivity index (χ1v) is 8.28. The van der Waals surface area contributed by atoms with Crippen molar-refractivity contribution in [2.24, 2.45) is 0 Å². The third-order valence-electron chi connectivity index (χ3n) is 4.34. The van der Waals surface area contributed by atoms with E-state index in [2.05, 4.69) is 10.3 Å². The molecule has 0 fully saturated rings. The first-order valence-electron chi connectivity index (χ1n) is 8.28. The lowest BCUT2D eigenvalue weighted by Crippen LogP contribution is -2.29. The average molecular weight is 326 g/mol. The molecular formula is C19H22N2O3. The first kappa shape index (κ1) is 16.3. The first-order chi connectivity index (χ1) is 11.6. The molecule has 24 heavy (non-hydrogen) atoms. The van der Waals surface area contributed by atoms with Crippen LogP contribution in [0.15, 0.2) is 24.3 Å². The van der Waals surface area contributed by atoms with E-state index in [0.29, 0.717) is 30.8 Å². The second-order valence-electron chi connectivity index (χ2n) is 6.17. The van der Waals surface area contributed by atoms with E-state index in [1.165, 1.54) is 5.56 Å². The van der Waals surface area contributed by atoms with Crippen molar-refractivity contribution < 1.29 is 14.3 Å². The van der Waals surface area contributed by atoms with Gasteiger partial charge in [-0.2, -0.15) is 0 Å². The van der Waals surface area contributed by atoms with Crippen LogP contribution in [0.4, 0.5) is 0 Å². The molecule has 1 aromatic heterocycles.